The van der Waals surface area contributed by atoms with Gasteiger partial charge in [0.2, 0.25) is 5.91 Å². The Balaban J connectivity index is 2.52. The molecular formula is C15H19NO4. The Morgan fingerprint density at radius 1 is 1.25 bits per heavy atom. The third kappa shape index (κ3) is 5.56. The lowest BCUT2D eigenvalue weighted by Gasteiger charge is -2.06. The van der Waals surface area contributed by atoms with Crippen molar-refractivity contribution in [2.75, 3.05) is 13.7 Å². The van der Waals surface area contributed by atoms with Crippen molar-refractivity contribution in [2.45, 2.75) is 20.3 Å². The molecule has 5 heteroatoms. The Bertz CT molecular complexity index is 491. The average molecular weight is 277 g/mol. The summed E-state index contributed by atoms with van der Waals surface area (Å²) in [5.41, 5.74) is 1.33. The lowest BCUT2D eigenvalue weighted by molar-refractivity contribution is -0.137. The predicted molar refractivity (Wildman–Crippen MR) is 75.2 cm³/mol. The highest BCUT2D eigenvalue weighted by molar-refractivity contribution is 5.85. The topological polar surface area (TPSA) is 64.6 Å². The zero-order valence-corrected chi connectivity index (χ0v) is 11.9. The van der Waals surface area contributed by atoms with E-state index >= 15 is 0 Å². The Hall–Kier alpha value is -2.30. The summed E-state index contributed by atoms with van der Waals surface area (Å²) in [5, 5.41) is 2.64. The molecule has 0 saturated carbocycles. The first-order valence-corrected chi connectivity index (χ1v) is 6.33. The lowest BCUT2D eigenvalue weighted by atomic mass is 10.1. The molecule has 1 aromatic carbocycles. The molecule has 0 radical (unpaired) electrons. The molecule has 0 aliphatic carbocycles. The van der Waals surface area contributed by atoms with Gasteiger partial charge < -0.3 is 14.8 Å². The van der Waals surface area contributed by atoms with Crippen LogP contribution in [0.5, 0.6) is 5.75 Å². The van der Waals surface area contributed by atoms with E-state index in [2.05, 4.69) is 5.32 Å². The van der Waals surface area contributed by atoms with Gasteiger partial charge in [-0.1, -0.05) is 12.1 Å². The molecule has 0 heterocycles. The maximum Gasteiger partial charge on any atom is 0.332 e. The lowest BCUT2D eigenvalue weighted by Crippen LogP contribution is -2.24. The van der Waals surface area contributed by atoms with Crippen LogP contribution in [0, 0.1) is 0 Å². The highest BCUT2D eigenvalue weighted by atomic mass is 16.5. The highest BCUT2D eigenvalue weighted by Crippen LogP contribution is 2.11. The van der Waals surface area contributed by atoms with Crippen molar-refractivity contribution in [2.24, 2.45) is 0 Å². The van der Waals surface area contributed by atoms with E-state index in [0.29, 0.717) is 12.3 Å². The van der Waals surface area contributed by atoms with E-state index < -0.39 is 5.97 Å². The Morgan fingerprint density at radius 2 is 1.90 bits per heavy atom. The van der Waals surface area contributed by atoms with E-state index in [1.54, 1.807) is 33.1 Å². The molecule has 1 rings (SSSR count). The molecule has 5 nitrogen and oxygen atoms in total. The van der Waals surface area contributed by atoms with Gasteiger partial charge in [0.1, 0.15) is 5.75 Å². The number of carbonyl (C=O) groups excluding carboxylic acids is 2. The number of ether oxygens (including phenoxy) is 2. The fourth-order valence-electron chi connectivity index (χ4n) is 1.59. The number of methoxy groups -OCH3 is 1. The summed E-state index contributed by atoms with van der Waals surface area (Å²) >= 11 is 0. The van der Waals surface area contributed by atoms with Crippen molar-refractivity contribution >= 4 is 11.9 Å². The third-order valence-corrected chi connectivity index (χ3v) is 2.48. The summed E-state index contributed by atoms with van der Waals surface area (Å²) in [4.78, 5) is 23.0. The molecule has 0 atom stereocenters. The zero-order chi connectivity index (χ0) is 15.0. The Morgan fingerprint density at radius 3 is 2.45 bits per heavy atom. The monoisotopic (exact) mass is 277 g/mol. The van der Waals surface area contributed by atoms with Gasteiger partial charge in [-0.3, -0.25) is 4.79 Å². The molecule has 0 aliphatic rings. The molecule has 0 unspecified atom stereocenters. The first-order chi connectivity index (χ1) is 9.55. The van der Waals surface area contributed by atoms with Crippen LogP contribution in [0.2, 0.25) is 0 Å². The first-order valence-electron chi connectivity index (χ1n) is 6.33. The quantitative estimate of drug-likeness (QED) is 0.636. The van der Waals surface area contributed by atoms with Crippen LogP contribution < -0.4 is 10.1 Å². The van der Waals surface area contributed by atoms with Gasteiger partial charge in [0.15, 0.2) is 0 Å². The number of carbonyl (C=O) groups is 2. The summed E-state index contributed by atoms with van der Waals surface area (Å²) in [5.74, 6) is 0.0931. The van der Waals surface area contributed by atoms with Crippen LogP contribution in [-0.4, -0.2) is 25.6 Å². The number of allylic oxidation sites excluding steroid dienone is 1. The SMILES string of the molecule is CCOC(=O)C=C(C)NC(=O)Cc1ccc(OC)cc1. The number of rotatable bonds is 6. The molecule has 1 amide bonds. The molecular weight excluding hydrogens is 258 g/mol. The van der Waals surface area contributed by atoms with E-state index in [1.807, 2.05) is 12.1 Å². The molecule has 0 aliphatic heterocycles. The second-order valence-corrected chi connectivity index (χ2v) is 4.15. The molecule has 0 spiro atoms. The van der Waals surface area contributed by atoms with Crippen molar-refractivity contribution in [3.05, 3.63) is 41.6 Å². The van der Waals surface area contributed by atoms with Gasteiger partial charge in [-0.2, -0.15) is 0 Å². The van der Waals surface area contributed by atoms with E-state index in [9.17, 15) is 9.59 Å². The van der Waals surface area contributed by atoms with Gasteiger partial charge >= 0.3 is 5.97 Å². The summed E-state index contributed by atoms with van der Waals surface area (Å²) in [6.45, 7) is 3.68. The van der Waals surface area contributed by atoms with Gasteiger partial charge in [0.05, 0.1) is 20.1 Å². The van der Waals surface area contributed by atoms with Gasteiger partial charge in [-0.25, -0.2) is 4.79 Å². The minimum atomic E-state index is -0.463. The van der Waals surface area contributed by atoms with E-state index in [-0.39, 0.29) is 12.3 Å². The van der Waals surface area contributed by atoms with Gasteiger partial charge in [-0.15, -0.1) is 0 Å². The van der Waals surface area contributed by atoms with Crippen LogP contribution in [0.1, 0.15) is 19.4 Å². The van der Waals surface area contributed by atoms with Crippen LogP contribution in [0.25, 0.3) is 0 Å². The second kappa shape index (κ2) is 7.99. The van der Waals surface area contributed by atoms with Gasteiger partial charge in [0, 0.05) is 11.8 Å². The fraction of sp³-hybridized carbons (Fsp3) is 0.333. The number of esters is 1. The maximum atomic E-state index is 11.8. The molecule has 0 saturated heterocycles. The van der Waals surface area contributed by atoms with Crippen LogP contribution in [0.4, 0.5) is 0 Å². The molecule has 1 N–H and O–H groups in total. The molecule has 0 bridgehead atoms. The smallest absolute Gasteiger partial charge is 0.332 e. The second-order valence-electron chi connectivity index (χ2n) is 4.15. The number of benzene rings is 1. The van der Waals surface area contributed by atoms with Crippen molar-refractivity contribution < 1.29 is 19.1 Å². The van der Waals surface area contributed by atoms with Crippen molar-refractivity contribution in [3.8, 4) is 5.75 Å². The standard InChI is InChI=1S/C15H19NO4/c1-4-20-15(18)9-11(2)16-14(17)10-12-5-7-13(19-3)8-6-12/h5-9H,4,10H2,1-3H3,(H,16,17). The normalized spacial score (nSPS) is 10.8. The minimum Gasteiger partial charge on any atom is -0.497 e. The first kappa shape index (κ1) is 15.8. The summed E-state index contributed by atoms with van der Waals surface area (Å²) in [7, 11) is 1.59. The number of nitrogens with one attached hydrogen (secondary N) is 1. The van der Waals surface area contributed by atoms with Crippen LogP contribution in [0.3, 0.4) is 0 Å². The Labute approximate surface area is 118 Å². The van der Waals surface area contributed by atoms with Crippen molar-refractivity contribution in [3.63, 3.8) is 0 Å². The van der Waals surface area contributed by atoms with E-state index in [0.717, 1.165) is 11.3 Å². The number of hydrogen-bond acceptors (Lipinski definition) is 4. The number of hydrogen-bond donors (Lipinski definition) is 1. The predicted octanol–water partition coefficient (Wildman–Crippen LogP) is 1.82. The zero-order valence-electron chi connectivity index (χ0n) is 11.9. The van der Waals surface area contributed by atoms with Crippen LogP contribution in [-0.2, 0) is 20.7 Å². The van der Waals surface area contributed by atoms with E-state index in [4.69, 9.17) is 9.47 Å². The van der Waals surface area contributed by atoms with Gasteiger partial charge in [0.25, 0.3) is 0 Å². The largest absolute Gasteiger partial charge is 0.497 e. The third-order valence-electron chi connectivity index (χ3n) is 2.48. The van der Waals surface area contributed by atoms with Crippen molar-refractivity contribution in [1.82, 2.24) is 5.32 Å². The molecule has 1 aromatic rings. The highest BCUT2D eigenvalue weighted by Gasteiger charge is 2.05. The molecule has 20 heavy (non-hydrogen) atoms. The summed E-state index contributed by atoms with van der Waals surface area (Å²) in [6.07, 6.45) is 1.49. The molecule has 0 aromatic heterocycles. The fourth-order valence-corrected chi connectivity index (χ4v) is 1.59. The van der Waals surface area contributed by atoms with Crippen molar-refractivity contribution in [1.29, 1.82) is 0 Å². The van der Waals surface area contributed by atoms with Crippen LogP contribution in [0.15, 0.2) is 36.0 Å². The molecule has 108 valence electrons. The molecule has 0 fully saturated rings. The van der Waals surface area contributed by atoms with Gasteiger partial charge in [-0.05, 0) is 31.5 Å². The Kier molecular flexibility index (Phi) is 6.29. The maximum absolute atomic E-state index is 11.8. The summed E-state index contributed by atoms with van der Waals surface area (Å²) < 4.78 is 9.80. The average Bonchev–Trinajstić information content (AvgIpc) is 2.39. The number of amides is 1. The minimum absolute atomic E-state index is 0.187. The van der Waals surface area contributed by atoms with Crippen LogP contribution >= 0.6 is 0 Å². The van der Waals surface area contributed by atoms with E-state index in [1.165, 1.54) is 6.08 Å². The summed E-state index contributed by atoms with van der Waals surface area (Å²) in [6, 6.07) is 7.24.